The van der Waals surface area contributed by atoms with Crippen molar-refractivity contribution in [3.8, 4) is 11.4 Å². The molecule has 0 bridgehead atoms. The minimum atomic E-state index is -0.268. The quantitative estimate of drug-likeness (QED) is 0.736. The summed E-state index contributed by atoms with van der Waals surface area (Å²) in [7, 11) is 0. The summed E-state index contributed by atoms with van der Waals surface area (Å²) in [5.74, 6) is 1.03. The molecule has 3 aromatic rings. The van der Waals surface area contributed by atoms with Gasteiger partial charge < -0.3 is 10.3 Å². The molecule has 0 spiro atoms. The third-order valence-electron chi connectivity index (χ3n) is 3.40. The highest BCUT2D eigenvalue weighted by molar-refractivity contribution is 5.81. The molecule has 108 valence electrons. The van der Waals surface area contributed by atoms with Crippen LogP contribution in [-0.4, -0.2) is 9.55 Å². The molecule has 4 heteroatoms. The lowest BCUT2D eigenvalue weighted by molar-refractivity contribution is 0.536. The van der Waals surface area contributed by atoms with E-state index in [0.717, 1.165) is 23.4 Å². The van der Waals surface area contributed by atoms with E-state index in [1.165, 1.54) is 12.1 Å². The molecule has 3 rings (SSSR count). The van der Waals surface area contributed by atoms with Crippen LogP contribution in [0, 0.1) is 11.7 Å². The lowest BCUT2D eigenvalue weighted by atomic mass is 10.1. The Labute approximate surface area is 123 Å². The number of nitrogens with zero attached hydrogens (tertiary/aromatic N) is 2. The molecule has 0 aliphatic rings. The fourth-order valence-corrected chi connectivity index (χ4v) is 2.55. The third kappa shape index (κ3) is 2.61. The van der Waals surface area contributed by atoms with Crippen LogP contribution in [0.15, 0.2) is 42.5 Å². The van der Waals surface area contributed by atoms with Gasteiger partial charge in [-0.3, -0.25) is 0 Å². The lowest BCUT2D eigenvalue weighted by Gasteiger charge is -2.12. The number of benzene rings is 2. The smallest absolute Gasteiger partial charge is 0.141 e. The van der Waals surface area contributed by atoms with E-state index < -0.39 is 0 Å². The number of imidazole rings is 1. The van der Waals surface area contributed by atoms with Gasteiger partial charge >= 0.3 is 0 Å². The molecule has 0 saturated heterocycles. The Morgan fingerprint density at radius 2 is 2.00 bits per heavy atom. The monoisotopic (exact) mass is 283 g/mol. The van der Waals surface area contributed by atoms with Gasteiger partial charge in [0.25, 0.3) is 0 Å². The molecule has 2 N–H and O–H groups in total. The highest BCUT2D eigenvalue weighted by Gasteiger charge is 2.14. The minimum Gasteiger partial charge on any atom is -0.399 e. The van der Waals surface area contributed by atoms with Crippen LogP contribution in [0.3, 0.4) is 0 Å². The zero-order valence-corrected chi connectivity index (χ0v) is 12.2. The van der Waals surface area contributed by atoms with Crippen LogP contribution in [0.4, 0.5) is 10.1 Å². The zero-order valence-electron chi connectivity index (χ0n) is 12.2. The maximum Gasteiger partial charge on any atom is 0.141 e. The van der Waals surface area contributed by atoms with E-state index in [9.17, 15) is 4.39 Å². The first-order chi connectivity index (χ1) is 10.0. The highest BCUT2D eigenvalue weighted by atomic mass is 19.1. The summed E-state index contributed by atoms with van der Waals surface area (Å²) >= 11 is 0. The van der Waals surface area contributed by atoms with Gasteiger partial charge in [0.1, 0.15) is 11.6 Å². The largest absolute Gasteiger partial charge is 0.399 e. The molecule has 0 saturated carbocycles. The fraction of sp³-hybridized carbons (Fsp3) is 0.235. The van der Waals surface area contributed by atoms with Crippen molar-refractivity contribution in [2.75, 3.05) is 5.73 Å². The van der Waals surface area contributed by atoms with Gasteiger partial charge in [0.2, 0.25) is 0 Å². The van der Waals surface area contributed by atoms with Gasteiger partial charge in [-0.05, 0) is 30.2 Å². The second kappa shape index (κ2) is 5.20. The van der Waals surface area contributed by atoms with E-state index in [1.807, 2.05) is 24.3 Å². The van der Waals surface area contributed by atoms with E-state index in [-0.39, 0.29) is 5.82 Å². The molecule has 0 atom stereocenters. The molecule has 3 nitrogen and oxygen atoms in total. The van der Waals surface area contributed by atoms with Crippen LogP contribution in [0.2, 0.25) is 0 Å². The molecular formula is C17H18FN3. The Morgan fingerprint density at radius 1 is 1.19 bits per heavy atom. The number of fused-ring (bicyclic) bond motifs is 1. The van der Waals surface area contributed by atoms with E-state index in [0.29, 0.717) is 17.1 Å². The van der Waals surface area contributed by atoms with Gasteiger partial charge in [-0.15, -0.1) is 0 Å². The Hall–Kier alpha value is -2.36. The number of anilines is 1. The highest BCUT2D eigenvalue weighted by Crippen LogP contribution is 2.27. The second-order valence-corrected chi connectivity index (χ2v) is 5.70. The van der Waals surface area contributed by atoms with Crippen molar-refractivity contribution in [3.05, 3.63) is 48.3 Å². The first-order valence-corrected chi connectivity index (χ1v) is 7.06. The van der Waals surface area contributed by atoms with Crippen molar-refractivity contribution in [2.45, 2.75) is 20.4 Å². The summed E-state index contributed by atoms with van der Waals surface area (Å²) < 4.78 is 15.6. The second-order valence-electron chi connectivity index (χ2n) is 5.70. The zero-order chi connectivity index (χ0) is 15.0. The van der Waals surface area contributed by atoms with Crippen LogP contribution < -0.4 is 5.73 Å². The summed E-state index contributed by atoms with van der Waals surface area (Å²) in [5.41, 5.74) is 9.14. The molecule has 0 radical (unpaired) electrons. The fourth-order valence-electron chi connectivity index (χ4n) is 2.55. The molecule has 0 amide bonds. The van der Waals surface area contributed by atoms with Gasteiger partial charge in [0.05, 0.1) is 11.0 Å². The van der Waals surface area contributed by atoms with Crippen LogP contribution in [0.25, 0.3) is 22.4 Å². The number of hydrogen-bond donors (Lipinski definition) is 1. The number of aromatic nitrogens is 2. The summed E-state index contributed by atoms with van der Waals surface area (Å²) in [6.45, 7) is 5.13. The SMILES string of the molecule is CC(C)Cn1c(-c2cccc(N)c2)nc2cc(F)ccc21. The van der Waals surface area contributed by atoms with Crippen LogP contribution in [-0.2, 0) is 6.54 Å². The number of nitrogens with two attached hydrogens (primary N) is 1. The van der Waals surface area contributed by atoms with Gasteiger partial charge in [-0.2, -0.15) is 0 Å². The van der Waals surface area contributed by atoms with Crippen molar-refractivity contribution < 1.29 is 4.39 Å². The van der Waals surface area contributed by atoms with Gasteiger partial charge in [-0.25, -0.2) is 9.37 Å². The summed E-state index contributed by atoms with van der Waals surface area (Å²) in [6.07, 6.45) is 0. The summed E-state index contributed by atoms with van der Waals surface area (Å²) in [4.78, 5) is 4.61. The molecule has 0 unspecified atom stereocenters. The van der Waals surface area contributed by atoms with E-state index in [4.69, 9.17) is 5.73 Å². The van der Waals surface area contributed by atoms with Crippen molar-refractivity contribution in [1.82, 2.24) is 9.55 Å². The Kier molecular flexibility index (Phi) is 3.37. The molecule has 1 aromatic heterocycles. The average molecular weight is 283 g/mol. The van der Waals surface area contributed by atoms with Gasteiger partial charge in [-0.1, -0.05) is 26.0 Å². The van der Waals surface area contributed by atoms with Crippen molar-refractivity contribution >= 4 is 16.7 Å². The summed E-state index contributed by atoms with van der Waals surface area (Å²) in [5, 5.41) is 0. The molecule has 0 aliphatic heterocycles. The van der Waals surface area contributed by atoms with E-state index in [1.54, 1.807) is 6.07 Å². The Bertz CT molecular complexity index is 790. The topological polar surface area (TPSA) is 43.8 Å². The number of nitrogen functional groups attached to an aromatic ring is 1. The van der Waals surface area contributed by atoms with Gasteiger partial charge in [0, 0.05) is 23.9 Å². The van der Waals surface area contributed by atoms with Crippen molar-refractivity contribution in [3.63, 3.8) is 0 Å². The molecule has 1 heterocycles. The van der Waals surface area contributed by atoms with E-state index in [2.05, 4.69) is 23.4 Å². The molecule has 21 heavy (non-hydrogen) atoms. The maximum atomic E-state index is 13.4. The van der Waals surface area contributed by atoms with Gasteiger partial charge in [0.15, 0.2) is 0 Å². The number of rotatable bonds is 3. The predicted octanol–water partition coefficient (Wildman–Crippen LogP) is 4.08. The lowest BCUT2D eigenvalue weighted by Crippen LogP contribution is -2.06. The first kappa shape index (κ1) is 13.6. The normalized spacial score (nSPS) is 11.4. The molecular weight excluding hydrogens is 265 g/mol. The standard InChI is InChI=1S/C17H18FN3/c1-11(2)10-21-16-7-6-13(18)9-15(16)20-17(21)12-4-3-5-14(19)8-12/h3-9,11H,10,19H2,1-2H3. The van der Waals surface area contributed by atoms with Crippen molar-refractivity contribution in [1.29, 1.82) is 0 Å². The van der Waals surface area contributed by atoms with Crippen LogP contribution in [0.1, 0.15) is 13.8 Å². The summed E-state index contributed by atoms with van der Waals surface area (Å²) in [6, 6.07) is 12.4. The minimum absolute atomic E-state index is 0.268. The van der Waals surface area contributed by atoms with Crippen LogP contribution >= 0.6 is 0 Å². The maximum absolute atomic E-state index is 13.4. The molecule has 0 fully saturated rings. The van der Waals surface area contributed by atoms with E-state index >= 15 is 0 Å². The predicted molar refractivity (Wildman–Crippen MR) is 84.4 cm³/mol. The molecule has 0 aliphatic carbocycles. The number of halogens is 1. The first-order valence-electron chi connectivity index (χ1n) is 7.06. The Morgan fingerprint density at radius 3 is 2.71 bits per heavy atom. The van der Waals surface area contributed by atoms with Crippen molar-refractivity contribution in [2.24, 2.45) is 5.92 Å². The number of hydrogen-bond acceptors (Lipinski definition) is 2. The third-order valence-corrected chi connectivity index (χ3v) is 3.40. The average Bonchev–Trinajstić information content (AvgIpc) is 2.76. The Balaban J connectivity index is 2.25. The molecule has 2 aromatic carbocycles. The van der Waals surface area contributed by atoms with Crippen LogP contribution in [0.5, 0.6) is 0 Å².